The molecule has 3 aromatic rings. The lowest BCUT2D eigenvalue weighted by Crippen LogP contribution is -2.21. The number of benzene rings is 1. The highest BCUT2D eigenvalue weighted by Crippen LogP contribution is 2.32. The normalized spacial score (nSPS) is 19.0. The summed E-state index contributed by atoms with van der Waals surface area (Å²) < 4.78 is 1.23. The molecule has 112 valence electrons. The van der Waals surface area contributed by atoms with Gasteiger partial charge in [-0.2, -0.15) is 0 Å². The van der Waals surface area contributed by atoms with Crippen LogP contribution in [0.4, 0.5) is 0 Å². The fraction of sp³-hybridized carbons (Fsp3) is 0.278. The van der Waals surface area contributed by atoms with E-state index in [1.165, 1.54) is 20.7 Å². The maximum Gasteiger partial charge on any atom is 0.0816 e. The summed E-state index contributed by atoms with van der Waals surface area (Å²) in [7, 11) is 0. The lowest BCUT2D eigenvalue weighted by atomic mass is 10.1. The van der Waals surface area contributed by atoms with E-state index in [0.29, 0.717) is 0 Å². The summed E-state index contributed by atoms with van der Waals surface area (Å²) >= 11 is 1.78. The Morgan fingerprint density at radius 3 is 2.82 bits per heavy atom. The number of pyridine rings is 1. The third-order valence-electron chi connectivity index (χ3n) is 4.18. The zero-order chi connectivity index (χ0) is 14.9. The Morgan fingerprint density at radius 2 is 2.09 bits per heavy atom. The third-order valence-corrected chi connectivity index (χ3v) is 5.32. The third kappa shape index (κ3) is 2.77. The SMILES string of the molecule is OC1CCN(Cc2ccc(-c3cc4ncccc4s3)cc2)C1. The van der Waals surface area contributed by atoms with Gasteiger partial charge in [-0.3, -0.25) is 9.88 Å². The Morgan fingerprint density at radius 1 is 1.23 bits per heavy atom. The molecule has 0 spiro atoms. The number of aliphatic hydroxyl groups is 1. The summed E-state index contributed by atoms with van der Waals surface area (Å²) in [6.45, 7) is 2.71. The number of rotatable bonds is 3. The first-order valence-corrected chi connectivity index (χ1v) is 8.44. The molecular formula is C18H18N2OS. The minimum atomic E-state index is -0.148. The van der Waals surface area contributed by atoms with E-state index in [9.17, 15) is 5.11 Å². The molecule has 1 atom stereocenters. The quantitative estimate of drug-likeness (QED) is 0.804. The van der Waals surface area contributed by atoms with Crippen LogP contribution in [-0.4, -0.2) is 34.2 Å². The molecule has 1 fully saturated rings. The standard InChI is InChI=1S/C18H18N2OS/c21-15-7-9-20(12-15)11-13-3-5-14(6-4-13)18-10-16-17(22-18)2-1-8-19-16/h1-6,8,10,15,21H,7,9,11-12H2. The molecule has 4 rings (SSSR count). The molecule has 0 aliphatic carbocycles. The van der Waals surface area contributed by atoms with Crippen molar-refractivity contribution in [2.75, 3.05) is 13.1 Å². The predicted octanol–water partition coefficient (Wildman–Crippen LogP) is 3.53. The highest BCUT2D eigenvalue weighted by Gasteiger charge is 2.19. The fourth-order valence-electron chi connectivity index (χ4n) is 3.00. The van der Waals surface area contributed by atoms with Crippen LogP contribution in [0.1, 0.15) is 12.0 Å². The maximum atomic E-state index is 9.59. The van der Waals surface area contributed by atoms with E-state index in [0.717, 1.165) is 31.6 Å². The lowest BCUT2D eigenvalue weighted by Gasteiger charge is -2.14. The predicted molar refractivity (Wildman–Crippen MR) is 91.0 cm³/mol. The van der Waals surface area contributed by atoms with Crippen LogP contribution in [0.15, 0.2) is 48.7 Å². The van der Waals surface area contributed by atoms with Crippen LogP contribution in [0.2, 0.25) is 0 Å². The van der Waals surface area contributed by atoms with Gasteiger partial charge in [0.25, 0.3) is 0 Å². The summed E-state index contributed by atoms with van der Waals surface area (Å²) in [6.07, 6.45) is 2.59. The van der Waals surface area contributed by atoms with Gasteiger partial charge in [0.1, 0.15) is 0 Å². The summed E-state index contributed by atoms with van der Waals surface area (Å²) in [6, 6.07) is 15.0. The Balaban J connectivity index is 1.53. The molecule has 3 nitrogen and oxygen atoms in total. The van der Waals surface area contributed by atoms with E-state index in [4.69, 9.17) is 0 Å². The van der Waals surface area contributed by atoms with Gasteiger partial charge in [0.2, 0.25) is 0 Å². The number of fused-ring (bicyclic) bond motifs is 1. The zero-order valence-corrected chi connectivity index (χ0v) is 13.1. The Bertz CT molecular complexity index is 748. The summed E-state index contributed by atoms with van der Waals surface area (Å²) in [5.74, 6) is 0. The van der Waals surface area contributed by atoms with Crippen LogP contribution in [-0.2, 0) is 6.54 Å². The van der Waals surface area contributed by atoms with Crippen molar-refractivity contribution < 1.29 is 5.11 Å². The average Bonchev–Trinajstić information content (AvgIpc) is 3.14. The number of likely N-dealkylation sites (tertiary alicyclic amines) is 1. The van der Waals surface area contributed by atoms with E-state index in [2.05, 4.69) is 46.3 Å². The van der Waals surface area contributed by atoms with E-state index >= 15 is 0 Å². The first-order chi connectivity index (χ1) is 10.8. The lowest BCUT2D eigenvalue weighted by molar-refractivity contribution is 0.175. The Kier molecular flexibility index (Phi) is 3.66. The second kappa shape index (κ2) is 5.80. The van der Waals surface area contributed by atoms with Crippen LogP contribution in [0.5, 0.6) is 0 Å². The number of aromatic nitrogens is 1. The highest BCUT2D eigenvalue weighted by atomic mass is 32.1. The van der Waals surface area contributed by atoms with Gasteiger partial charge in [-0.25, -0.2) is 0 Å². The molecule has 2 aromatic heterocycles. The molecule has 0 bridgehead atoms. The topological polar surface area (TPSA) is 36.4 Å². The molecule has 0 amide bonds. The van der Waals surface area contributed by atoms with Gasteiger partial charge >= 0.3 is 0 Å². The van der Waals surface area contributed by atoms with Crippen molar-refractivity contribution in [3.8, 4) is 10.4 Å². The number of thiophene rings is 1. The Hall–Kier alpha value is -1.75. The van der Waals surface area contributed by atoms with Crippen molar-refractivity contribution in [2.24, 2.45) is 0 Å². The van der Waals surface area contributed by atoms with Gasteiger partial charge < -0.3 is 5.11 Å². The van der Waals surface area contributed by atoms with Gasteiger partial charge in [-0.05, 0) is 35.7 Å². The number of hydrogen-bond donors (Lipinski definition) is 1. The highest BCUT2D eigenvalue weighted by molar-refractivity contribution is 7.22. The largest absolute Gasteiger partial charge is 0.392 e. The van der Waals surface area contributed by atoms with Crippen LogP contribution >= 0.6 is 11.3 Å². The van der Waals surface area contributed by atoms with Crippen molar-refractivity contribution in [1.29, 1.82) is 0 Å². The number of aliphatic hydroxyl groups excluding tert-OH is 1. The van der Waals surface area contributed by atoms with Crippen molar-refractivity contribution in [2.45, 2.75) is 19.1 Å². The number of hydrogen-bond acceptors (Lipinski definition) is 4. The van der Waals surface area contributed by atoms with E-state index in [1.807, 2.05) is 12.3 Å². The summed E-state index contributed by atoms with van der Waals surface area (Å²) in [4.78, 5) is 7.97. The summed E-state index contributed by atoms with van der Waals surface area (Å²) in [5.41, 5.74) is 3.61. The van der Waals surface area contributed by atoms with Crippen LogP contribution < -0.4 is 0 Å². The molecule has 3 heterocycles. The van der Waals surface area contributed by atoms with Crippen LogP contribution in [0.25, 0.3) is 20.7 Å². The molecule has 0 saturated carbocycles. The second-order valence-corrected chi connectivity index (χ2v) is 6.96. The van der Waals surface area contributed by atoms with E-state index in [1.54, 1.807) is 11.3 Å². The molecule has 22 heavy (non-hydrogen) atoms. The summed E-state index contributed by atoms with van der Waals surface area (Å²) in [5, 5.41) is 9.59. The van der Waals surface area contributed by atoms with Gasteiger partial charge in [0, 0.05) is 30.7 Å². The number of β-amino-alcohol motifs (C(OH)–C–C–N with tert-alkyl or cyclic N) is 1. The molecule has 1 aromatic carbocycles. The first-order valence-electron chi connectivity index (χ1n) is 7.62. The van der Waals surface area contributed by atoms with E-state index in [-0.39, 0.29) is 6.10 Å². The molecule has 1 unspecified atom stereocenters. The van der Waals surface area contributed by atoms with Gasteiger partial charge in [-0.15, -0.1) is 11.3 Å². The average molecular weight is 310 g/mol. The first kappa shape index (κ1) is 13.9. The minimum Gasteiger partial charge on any atom is -0.392 e. The van der Waals surface area contributed by atoms with Crippen LogP contribution in [0.3, 0.4) is 0 Å². The molecule has 1 aliphatic rings. The number of nitrogens with zero attached hydrogens (tertiary/aromatic N) is 2. The molecular weight excluding hydrogens is 292 g/mol. The van der Waals surface area contributed by atoms with E-state index < -0.39 is 0 Å². The Labute approximate surface area is 133 Å². The smallest absolute Gasteiger partial charge is 0.0816 e. The molecule has 1 aliphatic heterocycles. The minimum absolute atomic E-state index is 0.148. The molecule has 1 N–H and O–H groups in total. The monoisotopic (exact) mass is 310 g/mol. The molecule has 4 heteroatoms. The van der Waals surface area contributed by atoms with Crippen LogP contribution in [0, 0.1) is 0 Å². The molecule has 1 saturated heterocycles. The second-order valence-electron chi connectivity index (χ2n) is 5.87. The van der Waals surface area contributed by atoms with Gasteiger partial charge in [0.05, 0.1) is 16.3 Å². The van der Waals surface area contributed by atoms with Crippen molar-refractivity contribution >= 4 is 21.6 Å². The van der Waals surface area contributed by atoms with Gasteiger partial charge in [0.15, 0.2) is 0 Å². The zero-order valence-electron chi connectivity index (χ0n) is 12.3. The fourth-order valence-corrected chi connectivity index (χ4v) is 4.02. The van der Waals surface area contributed by atoms with Crippen molar-refractivity contribution in [3.05, 3.63) is 54.2 Å². The van der Waals surface area contributed by atoms with Crippen molar-refractivity contribution in [3.63, 3.8) is 0 Å². The van der Waals surface area contributed by atoms with Gasteiger partial charge in [-0.1, -0.05) is 24.3 Å². The van der Waals surface area contributed by atoms with Crippen molar-refractivity contribution in [1.82, 2.24) is 9.88 Å². The maximum absolute atomic E-state index is 9.59. The molecule has 0 radical (unpaired) electrons.